The summed E-state index contributed by atoms with van der Waals surface area (Å²) in [6, 6.07) is 5.85. The Kier molecular flexibility index (Phi) is 5.79. The zero-order valence-corrected chi connectivity index (χ0v) is 11.0. The first kappa shape index (κ1) is 14.1. The lowest BCUT2D eigenvalue weighted by Crippen LogP contribution is -2.42. The van der Waals surface area contributed by atoms with Gasteiger partial charge in [0, 0.05) is 13.6 Å². The van der Waals surface area contributed by atoms with Crippen molar-refractivity contribution < 1.29 is 9.47 Å². The van der Waals surface area contributed by atoms with E-state index in [9.17, 15) is 0 Å². The van der Waals surface area contributed by atoms with Crippen molar-refractivity contribution in [2.45, 2.75) is 6.42 Å². The summed E-state index contributed by atoms with van der Waals surface area (Å²) in [6.45, 7) is 0.729. The van der Waals surface area contributed by atoms with Gasteiger partial charge in [-0.3, -0.25) is 10.4 Å². The zero-order chi connectivity index (χ0) is 13.4. The molecule has 1 rings (SSSR count). The average Bonchev–Trinajstić information content (AvgIpc) is 2.43. The van der Waals surface area contributed by atoms with E-state index in [0.717, 1.165) is 30.0 Å². The summed E-state index contributed by atoms with van der Waals surface area (Å²) in [4.78, 5) is 3.92. The van der Waals surface area contributed by atoms with Crippen LogP contribution in [0.5, 0.6) is 11.5 Å². The van der Waals surface area contributed by atoms with Crippen molar-refractivity contribution in [2.75, 3.05) is 27.8 Å². The predicted octanol–water partition coefficient (Wildman–Crippen LogP) is 0.285. The Bertz CT molecular complexity index is 407. The first-order chi connectivity index (χ1) is 8.74. The molecule has 0 atom stereocenters. The molecule has 0 heterocycles. The Morgan fingerprint density at radius 3 is 2.56 bits per heavy atom. The van der Waals surface area contributed by atoms with Gasteiger partial charge in [0.2, 0.25) is 5.96 Å². The third kappa shape index (κ3) is 3.81. The Balaban J connectivity index is 2.58. The number of hydrogen-bond acceptors (Lipinski definition) is 4. The molecule has 0 spiro atoms. The van der Waals surface area contributed by atoms with Crippen LogP contribution in [0.25, 0.3) is 0 Å². The van der Waals surface area contributed by atoms with Crippen molar-refractivity contribution in [2.24, 2.45) is 10.8 Å². The number of rotatable bonds is 5. The van der Waals surface area contributed by atoms with E-state index >= 15 is 0 Å². The molecule has 0 radical (unpaired) electrons. The van der Waals surface area contributed by atoms with Gasteiger partial charge in [0.1, 0.15) is 0 Å². The van der Waals surface area contributed by atoms with Crippen molar-refractivity contribution in [1.29, 1.82) is 0 Å². The minimum atomic E-state index is 0.565. The van der Waals surface area contributed by atoms with Crippen LogP contribution in [0, 0.1) is 0 Å². The Morgan fingerprint density at radius 1 is 1.28 bits per heavy atom. The molecule has 6 nitrogen and oxygen atoms in total. The molecule has 0 saturated carbocycles. The second-order valence-electron chi connectivity index (χ2n) is 3.58. The van der Waals surface area contributed by atoms with Crippen LogP contribution in [0.15, 0.2) is 23.2 Å². The third-order valence-corrected chi connectivity index (χ3v) is 2.51. The molecule has 0 aliphatic heterocycles. The van der Waals surface area contributed by atoms with Crippen molar-refractivity contribution in [3.05, 3.63) is 23.8 Å². The molecule has 1 aromatic rings. The molecule has 6 heteroatoms. The summed E-state index contributed by atoms with van der Waals surface area (Å²) in [5, 5.41) is 3.08. The number of hydrogen-bond donors (Lipinski definition) is 3. The fraction of sp³-hybridized carbons (Fsp3) is 0.417. The van der Waals surface area contributed by atoms with Gasteiger partial charge in [-0.05, 0) is 24.1 Å². The number of methoxy groups -OCH3 is 2. The second kappa shape index (κ2) is 7.39. The summed E-state index contributed by atoms with van der Waals surface area (Å²) in [5.74, 6) is 7.29. The lowest BCUT2D eigenvalue weighted by Gasteiger charge is -2.11. The highest BCUT2D eigenvalue weighted by Crippen LogP contribution is 2.27. The van der Waals surface area contributed by atoms with E-state index in [-0.39, 0.29) is 0 Å². The van der Waals surface area contributed by atoms with E-state index < -0.39 is 0 Å². The average molecular weight is 252 g/mol. The van der Waals surface area contributed by atoms with E-state index in [2.05, 4.69) is 15.7 Å². The smallest absolute Gasteiger partial charge is 0.205 e. The number of aliphatic imine (C=N–C) groups is 1. The number of nitrogens with zero attached hydrogens (tertiary/aromatic N) is 1. The monoisotopic (exact) mass is 252 g/mol. The minimum Gasteiger partial charge on any atom is -0.493 e. The molecule has 18 heavy (non-hydrogen) atoms. The molecule has 1 aromatic carbocycles. The van der Waals surface area contributed by atoms with E-state index in [4.69, 9.17) is 15.3 Å². The van der Waals surface area contributed by atoms with Gasteiger partial charge in [-0.1, -0.05) is 6.07 Å². The van der Waals surface area contributed by atoms with Crippen LogP contribution in [-0.2, 0) is 6.42 Å². The van der Waals surface area contributed by atoms with E-state index in [1.165, 1.54) is 0 Å². The summed E-state index contributed by atoms with van der Waals surface area (Å²) in [5.41, 5.74) is 3.62. The van der Waals surface area contributed by atoms with Crippen LogP contribution in [0.1, 0.15) is 5.56 Å². The number of hydrazine groups is 1. The standard InChI is InChI=1S/C12H20N4O2/c1-14-12(16-13)15-7-6-9-4-5-10(17-2)11(8-9)18-3/h4-5,8H,6-7,13H2,1-3H3,(H2,14,15,16). The van der Waals surface area contributed by atoms with Gasteiger partial charge >= 0.3 is 0 Å². The van der Waals surface area contributed by atoms with E-state index in [0.29, 0.717) is 5.96 Å². The molecule has 0 aromatic heterocycles. The fourth-order valence-electron chi connectivity index (χ4n) is 1.56. The summed E-state index contributed by atoms with van der Waals surface area (Å²) >= 11 is 0. The number of nitrogens with two attached hydrogens (primary N) is 1. The molecule has 0 unspecified atom stereocenters. The van der Waals surface area contributed by atoms with Gasteiger partial charge in [-0.2, -0.15) is 0 Å². The zero-order valence-electron chi connectivity index (χ0n) is 11.0. The lowest BCUT2D eigenvalue weighted by atomic mass is 10.1. The summed E-state index contributed by atoms with van der Waals surface area (Å²) in [7, 11) is 4.91. The molecule has 0 saturated heterocycles. The van der Waals surface area contributed by atoms with Gasteiger partial charge < -0.3 is 14.8 Å². The van der Waals surface area contributed by atoms with Gasteiger partial charge in [0.25, 0.3) is 0 Å². The van der Waals surface area contributed by atoms with Crippen LogP contribution in [0.3, 0.4) is 0 Å². The molecular weight excluding hydrogens is 232 g/mol. The molecule has 0 bridgehead atoms. The van der Waals surface area contributed by atoms with Gasteiger partial charge in [-0.25, -0.2) is 5.84 Å². The van der Waals surface area contributed by atoms with Crippen molar-refractivity contribution in [3.63, 3.8) is 0 Å². The maximum atomic E-state index is 5.27. The largest absolute Gasteiger partial charge is 0.493 e. The third-order valence-electron chi connectivity index (χ3n) is 2.51. The molecule has 0 amide bonds. The molecule has 0 fully saturated rings. The lowest BCUT2D eigenvalue weighted by molar-refractivity contribution is 0.354. The summed E-state index contributed by atoms with van der Waals surface area (Å²) < 4.78 is 10.4. The summed E-state index contributed by atoms with van der Waals surface area (Å²) in [6.07, 6.45) is 0.834. The second-order valence-corrected chi connectivity index (χ2v) is 3.58. The van der Waals surface area contributed by atoms with Crippen molar-refractivity contribution in [3.8, 4) is 11.5 Å². The van der Waals surface area contributed by atoms with Gasteiger partial charge in [-0.15, -0.1) is 0 Å². The quantitative estimate of drug-likeness (QED) is 0.304. The highest BCUT2D eigenvalue weighted by atomic mass is 16.5. The SMILES string of the molecule is CN=C(NN)NCCc1ccc(OC)c(OC)c1. The first-order valence-electron chi connectivity index (χ1n) is 5.63. The van der Waals surface area contributed by atoms with Crippen molar-refractivity contribution >= 4 is 5.96 Å². The molecular formula is C12H20N4O2. The predicted molar refractivity (Wildman–Crippen MR) is 71.9 cm³/mol. The van der Waals surface area contributed by atoms with Crippen LogP contribution >= 0.6 is 0 Å². The van der Waals surface area contributed by atoms with E-state index in [1.54, 1.807) is 21.3 Å². The topological polar surface area (TPSA) is 80.9 Å². The molecule has 100 valence electrons. The Hall–Kier alpha value is -1.95. The first-order valence-corrected chi connectivity index (χ1v) is 5.63. The maximum absolute atomic E-state index is 5.27. The normalized spacial score (nSPS) is 11.0. The minimum absolute atomic E-state index is 0.565. The number of nitrogens with one attached hydrogen (secondary N) is 2. The van der Waals surface area contributed by atoms with Crippen LogP contribution < -0.4 is 26.1 Å². The molecule has 4 N–H and O–H groups in total. The van der Waals surface area contributed by atoms with Crippen molar-refractivity contribution in [1.82, 2.24) is 10.7 Å². The van der Waals surface area contributed by atoms with Gasteiger partial charge in [0.15, 0.2) is 11.5 Å². The van der Waals surface area contributed by atoms with Crippen LogP contribution in [0.4, 0.5) is 0 Å². The van der Waals surface area contributed by atoms with Crippen LogP contribution in [0.2, 0.25) is 0 Å². The Labute approximate surface area is 107 Å². The Morgan fingerprint density at radius 2 is 2.00 bits per heavy atom. The fourth-order valence-corrected chi connectivity index (χ4v) is 1.56. The number of benzene rings is 1. The highest BCUT2D eigenvalue weighted by Gasteiger charge is 2.04. The molecule has 0 aliphatic rings. The maximum Gasteiger partial charge on any atom is 0.205 e. The van der Waals surface area contributed by atoms with E-state index in [1.807, 2.05) is 18.2 Å². The van der Waals surface area contributed by atoms with Gasteiger partial charge in [0.05, 0.1) is 14.2 Å². The molecule has 0 aliphatic carbocycles. The number of guanidine groups is 1. The number of ether oxygens (including phenoxy) is 2. The van der Waals surface area contributed by atoms with Crippen LogP contribution in [-0.4, -0.2) is 33.8 Å². The highest BCUT2D eigenvalue weighted by molar-refractivity contribution is 5.78.